The summed E-state index contributed by atoms with van der Waals surface area (Å²) in [6.45, 7) is 7.75. The number of hydrogen-bond acceptors (Lipinski definition) is 1. The van der Waals surface area contributed by atoms with E-state index in [1.807, 2.05) is 0 Å². The van der Waals surface area contributed by atoms with Crippen LogP contribution < -0.4 is 5.73 Å². The molecule has 0 saturated carbocycles. The van der Waals surface area contributed by atoms with Crippen molar-refractivity contribution in [3.63, 3.8) is 0 Å². The molecular formula is C17H37N. The Kier molecular flexibility index (Phi) is 13.4. The molecule has 1 nitrogen and oxygen atoms in total. The van der Waals surface area contributed by atoms with E-state index in [4.69, 9.17) is 5.73 Å². The smallest absolute Gasteiger partial charge is 0.00464 e. The Bertz CT molecular complexity index is 154. The van der Waals surface area contributed by atoms with Crippen LogP contribution in [0.1, 0.15) is 91.4 Å². The molecule has 2 N–H and O–H groups in total. The molecule has 0 radical (unpaired) electrons. The van der Waals surface area contributed by atoms with Crippen molar-refractivity contribution in [2.24, 2.45) is 17.6 Å². The lowest BCUT2D eigenvalue weighted by molar-refractivity contribution is 0.353. The first-order valence-electron chi connectivity index (χ1n) is 8.42. The van der Waals surface area contributed by atoms with Gasteiger partial charge in [0.1, 0.15) is 0 Å². The maximum atomic E-state index is 5.79. The van der Waals surface area contributed by atoms with Crippen LogP contribution >= 0.6 is 0 Å². The second-order valence-electron chi connectivity index (χ2n) is 6.21. The van der Waals surface area contributed by atoms with Gasteiger partial charge < -0.3 is 5.73 Å². The normalized spacial score (nSPS) is 13.2. The molecule has 0 aliphatic heterocycles. The molecule has 0 aromatic carbocycles. The summed E-state index contributed by atoms with van der Waals surface area (Å²) in [7, 11) is 0. The number of rotatable bonds is 13. The molecule has 0 bridgehead atoms. The van der Waals surface area contributed by atoms with Crippen LogP contribution in [0.15, 0.2) is 0 Å². The number of nitrogens with two attached hydrogens (primary N) is 1. The van der Waals surface area contributed by atoms with Crippen molar-refractivity contribution in [1.82, 2.24) is 0 Å². The Labute approximate surface area is 116 Å². The van der Waals surface area contributed by atoms with Crippen molar-refractivity contribution < 1.29 is 0 Å². The van der Waals surface area contributed by atoms with E-state index in [9.17, 15) is 0 Å². The maximum Gasteiger partial charge on any atom is -0.00464 e. The third kappa shape index (κ3) is 11.1. The molecule has 0 aliphatic carbocycles. The third-order valence-electron chi connectivity index (χ3n) is 4.17. The van der Waals surface area contributed by atoms with Gasteiger partial charge in [-0.1, -0.05) is 85.0 Å². The molecule has 0 aromatic heterocycles. The van der Waals surface area contributed by atoms with Gasteiger partial charge in [0.05, 0.1) is 0 Å². The van der Waals surface area contributed by atoms with Gasteiger partial charge in [-0.3, -0.25) is 0 Å². The van der Waals surface area contributed by atoms with Crippen LogP contribution in [0, 0.1) is 11.8 Å². The first-order chi connectivity index (χ1) is 8.72. The number of hydrogen-bond donors (Lipinski definition) is 1. The van der Waals surface area contributed by atoms with Crippen molar-refractivity contribution in [2.75, 3.05) is 6.54 Å². The zero-order valence-corrected chi connectivity index (χ0v) is 13.2. The SMILES string of the molecule is CCCCCCCCCCCCC(CN)C(C)C. The average Bonchev–Trinajstić information content (AvgIpc) is 2.35. The molecule has 0 fully saturated rings. The minimum absolute atomic E-state index is 0.749. The van der Waals surface area contributed by atoms with Crippen LogP contribution in [0.3, 0.4) is 0 Å². The highest BCUT2D eigenvalue weighted by molar-refractivity contribution is 4.63. The zero-order valence-electron chi connectivity index (χ0n) is 13.2. The first-order valence-corrected chi connectivity index (χ1v) is 8.42. The fourth-order valence-corrected chi connectivity index (χ4v) is 2.62. The van der Waals surface area contributed by atoms with E-state index in [1.54, 1.807) is 0 Å². The molecule has 0 saturated heterocycles. The largest absolute Gasteiger partial charge is 0.330 e. The fraction of sp³-hybridized carbons (Fsp3) is 1.00. The van der Waals surface area contributed by atoms with Gasteiger partial charge in [-0.15, -0.1) is 0 Å². The first kappa shape index (κ1) is 18.0. The van der Waals surface area contributed by atoms with Gasteiger partial charge in [-0.05, 0) is 24.8 Å². The quantitative estimate of drug-likeness (QED) is 0.430. The zero-order chi connectivity index (χ0) is 13.6. The Balaban J connectivity index is 3.15. The minimum Gasteiger partial charge on any atom is -0.330 e. The summed E-state index contributed by atoms with van der Waals surface area (Å²) in [6.07, 6.45) is 15.6. The van der Waals surface area contributed by atoms with Gasteiger partial charge in [0.25, 0.3) is 0 Å². The van der Waals surface area contributed by atoms with E-state index < -0.39 is 0 Å². The lowest BCUT2D eigenvalue weighted by Gasteiger charge is -2.18. The highest BCUT2D eigenvalue weighted by Gasteiger charge is 2.10. The lowest BCUT2D eigenvalue weighted by Crippen LogP contribution is -2.19. The molecule has 18 heavy (non-hydrogen) atoms. The summed E-state index contributed by atoms with van der Waals surface area (Å²) in [5.74, 6) is 1.51. The Hall–Kier alpha value is -0.0400. The van der Waals surface area contributed by atoms with Crippen LogP contribution in [-0.2, 0) is 0 Å². The Morgan fingerprint density at radius 1 is 0.722 bits per heavy atom. The predicted molar refractivity (Wildman–Crippen MR) is 83.8 cm³/mol. The summed E-state index contributed by atoms with van der Waals surface area (Å²) in [6, 6.07) is 0. The topological polar surface area (TPSA) is 26.0 Å². The minimum atomic E-state index is 0.749. The van der Waals surface area contributed by atoms with E-state index in [0.717, 1.165) is 18.4 Å². The van der Waals surface area contributed by atoms with E-state index in [-0.39, 0.29) is 0 Å². The third-order valence-corrected chi connectivity index (χ3v) is 4.17. The maximum absolute atomic E-state index is 5.79. The molecular weight excluding hydrogens is 218 g/mol. The summed E-state index contributed by atoms with van der Waals surface area (Å²) in [5, 5.41) is 0. The van der Waals surface area contributed by atoms with E-state index in [1.165, 1.54) is 70.6 Å². The van der Waals surface area contributed by atoms with Gasteiger partial charge in [-0.2, -0.15) is 0 Å². The van der Waals surface area contributed by atoms with Gasteiger partial charge in [0.2, 0.25) is 0 Å². The van der Waals surface area contributed by atoms with Crippen LogP contribution in [0.4, 0.5) is 0 Å². The van der Waals surface area contributed by atoms with Gasteiger partial charge in [0.15, 0.2) is 0 Å². The monoisotopic (exact) mass is 255 g/mol. The molecule has 0 aromatic rings. The average molecular weight is 255 g/mol. The Morgan fingerprint density at radius 2 is 1.17 bits per heavy atom. The lowest BCUT2D eigenvalue weighted by atomic mass is 9.90. The van der Waals surface area contributed by atoms with Gasteiger partial charge >= 0.3 is 0 Å². The molecule has 0 aliphatic rings. The summed E-state index contributed by atoms with van der Waals surface area (Å²) >= 11 is 0. The highest BCUT2D eigenvalue weighted by atomic mass is 14.5. The molecule has 0 amide bonds. The molecule has 0 spiro atoms. The van der Waals surface area contributed by atoms with Crippen LogP contribution in [0.5, 0.6) is 0 Å². The van der Waals surface area contributed by atoms with Crippen molar-refractivity contribution >= 4 is 0 Å². The highest BCUT2D eigenvalue weighted by Crippen LogP contribution is 2.18. The summed E-state index contributed by atoms with van der Waals surface area (Å²) in [5.41, 5.74) is 5.79. The molecule has 1 unspecified atom stereocenters. The molecule has 0 rings (SSSR count). The Morgan fingerprint density at radius 3 is 1.56 bits per heavy atom. The summed E-state index contributed by atoms with van der Waals surface area (Å²) in [4.78, 5) is 0. The predicted octanol–water partition coefficient (Wildman–Crippen LogP) is 5.53. The van der Waals surface area contributed by atoms with Crippen LogP contribution in [0.2, 0.25) is 0 Å². The molecule has 1 atom stereocenters. The van der Waals surface area contributed by atoms with E-state index >= 15 is 0 Å². The van der Waals surface area contributed by atoms with Crippen LogP contribution in [-0.4, -0.2) is 6.54 Å². The second-order valence-corrected chi connectivity index (χ2v) is 6.21. The molecule has 0 heterocycles. The van der Waals surface area contributed by atoms with Crippen molar-refractivity contribution in [2.45, 2.75) is 91.4 Å². The van der Waals surface area contributed by atoms with Gasteiger partial charge in [0, 0.05) is 0 Å². The second kappa shape index (κ2) is 13.4. The van der Waals surface area contributed by atoms with Gasteiger partial charge in [-0.25, -0.2) is 0 Å². The van der Waals surface area contributed by atoms with E-state index in [2.05, 4.69) is 20.8 Å². The van der Waals surface area contributed by atoms with Crippen molar-refractivity contribution in [1.29, 1.82) is 0 Å². The van der Waals surface area contributed by atoms with E-state index in [0.29, 0.717) is 0 Å². The summed E-state index contributed by atoms with van der Waals surface area (Å²) < 4.78 is 0. The van der Waals surface area contributed by atoms with Crippen molar-refractivity contribution in [3.05, 3.63) is 0 Å². The fourth-order valence-electron chi connectivity index (χ4n) is 2.62. The molecule has 110 valence electrons. The van der Waals surface area contributed by atoms with Crippen molar-refractivity contribution in [3.8, 4) is 0 Å². The number of unbranched alkanes of at least 4 members (excludes halogenated alkanes) is 9. The van der Waals surface area contributed by atoms with Crippen LogP contribution in [0.25, 0.3) is 0 Å². The molecule has 1 heteroatoms. The standard InChI is InChI=1S/C17H37N/c1-4-5-6-7-8-9-10-11-12-13-14-17(15-18)16(2)3/h16-17H,4-15,18H2,1-3H3.